The van der Waals surface area contributed by atoms with Crippen molar-refractivity contribution in [2.75, 3.05) is 0 Å². The highest BCUT2D eigenvalue weighted by molar-refractivity contribution is 6.09. The lowest BCUT2D eigenvalue weighted by Crippen LogP contribution is -2.45. The molecule has 214 valence electrons. The van der Waals surface area contributed by atoms with Crippen molar-refractivity contribution in [3.8, 4) is 11.3 Å². The second-order valence-corrected chi connectivity index (χ2v) is 12.0. The van der Waals surface area contributed by atoms with Gasteiger partial charge < -0.3 is 4.90 Å². The molecule has 5 nitrogen and oxygen atoms in total. The maximum absolute atomic E-state index is 15.2. The molecular weight excluding hydrogens is 554 g/mol. The minimum absolute atomic E-state index is 0.0808. The summed E-state index contributed by atoms with van der Waals surface area (Å²) in [6.45, 7) is 0. The lowest BCUT2D eigenvalue weighted by Gasteiger charge is -2.40. The minimum Gasteiger partial charge on any atom is -0.358 e. The van der Waals surface area contributed by atoms with Crippen LogP contribution in [0, 0.1) is 5.92 Å². The van der Waals surface area contributed by atoms with Crippen LogP contribution in [0.4, 0.5) is 0 Å². The zero-order chi connectivity index (χ0) is 30.1. The molecule has 0 N–H and O–H groups in total. The zero-order valence-electron chi connectivity index (χ0n) is 24.2. The first kappa shape index (κ1) is 25.8. The van der Waals surface area contributed by atoms with E-state index in [-0.39, 0.29) is 17.6 Å². The summed E-state index contributed by atoms with van der Waals surface area (Å²) in [4.78, 5) is 42.9. The first-order chi connectivity index (χ1) is 22.2. The Bertz CT molecular complexity index is 2190. The Morgan fingerprint density at radius 3 is 1.98 bits per heavy atom. The number of carbonyl (C=O) groups is 2. The largest absolute Gasteiger partial charge is 0.358 e. The second kappa shape index (κ2) is 9.66. The van der Waals surface area contributed by atoms with Gasteiger partial charge in [-0.15, -0.1) is 0 Å². The van der Waals surface area contributed by atoms with Gasteiger partial charge in [0.15, 0.2) is 11.6 Å². The normalized spacial score (nSPS) is 22.1. The molecule has 1 aliphatic carbocycles. The third-order valence-corrected chi connectivity index (χ3v) is 9.83. The van der Waals surface area contributed by atoms with Crippen LogP contribution < -0.4 is 0 Å². The van der Waals surface area contributed by atoms with Crippen LogP contribution in [0.15, 0.2) is 140 Å². The van der Waals surface area contributed by atoms with Crippen LogP contribution in [-0.2, 0) is 5.41 Å². The Labute approximate surface area is 260 Å². The summed E-state index contributed by atoms with van der Waals surface area (Å²) >= 11 is 0. The molecule has 2 aliphatic heterocycles. The molecule has 9 rings (SSSR count). The molecule has 0 amide bonds. The van der Waals surface area contributed by atoms with E-state index in [0.717, 1.165) is 44.7 Å². The standard InChI is InChI=1S/C40H27N3O2/c44-36(26-14-3-1-4-15-26)33-35(37(45)27-16-5-2-6-17-27)43-24-23-25-13-7-8-18-28(25)39(43)40(33)30-20-10-9-19-29(30)34-38(40)42-32-22-12-11-21-31(32)41-34/h1-24,33,35,39H/t33-,35?,39+,40+/m1/s1. The van der Waals surface area contributed by atoms with Gasteiger partial charge in [0, 0.05) is 22.9 Å². The van der Waals surface area contributed by atoms with Gasteiger partial charge in [-0.1, -0.05) is 121 Å². The van der Waals surface area contributed by atoms with Crippen LogP contribution in [0.25, 0.3) is 28.4 Å². The third-order valence-electron chi connectivity index (χ3n) is 9.83. The first-order valence-corrected chi connectivity index (χ1v) is 15.3. The molecule has 0 radical (unpaired) electrons. The van der Waals surface area contributed by atoms with Crippen LogP contribution >= 0.6 is 0 Å². The number of hydrogen-bond donors (Lipinski definition) is 0. The molecule has 1 aromatic heterocycles. The molecule has 1 fully saturated rings. The van der Waals surface area contributed by atoms with Crippen molar-refractivity contribution in [3.63, 3.8) is 0 Å². The highest BCUT2D eigenvalue weighted by Crippen LogP contribution is 2.66. The molecule has 6 aromatic rings. The maximum atomic E-state index is 15.2. The Morgan fingerprint density at radius 2 is 1.22 bits per heavy atom. The number of rotatable bonds is 4. The summed E-state index contributed by atoms with van der Waals surface area (Å²) in [6, 6.07) is 42.0. The van der Waals surface area contributed by atoms with E-state index in [9.17, 15) is 4.79 Å². The number of para-hydroxylation sites is 2. The number of Topliss-reactive ketones (excluding diaryl/α,β-unsaturated/α-hetero) is 2. The number of benzene rings is 5. The van der Waals surface area contributed by atoms with E-state index in [0.29, 0.717) is 11.1 Å². The number of carbonyl (C=O) groups excluding carboxylic acids is 2. The molecule has 1 unspecified atom stereocenters. The van der Waals surface area contributed by atoms with Gasteiger partial charge in [0.25, 0.3) is 0 Å². The molecule has 3 aliphatic rings. The summed E-state index contributed by atoms with van der Waals surface area (Å²) in [5.41, 5.74) is 7.29. The molecule has 3 heterocycles. The van der Waals surface area contributed by atoms with Crippen LogP contribution in [0.2, 0.25) is 0 Å². The monoisotopic (exact) mass is 581 g/mol. The van der Waals surface area contributed by atoms with Crippen LogP contribution in [0.3, 0.4) is 0 Å². The lowest BCUT2D eigenvalue weighted by atomic mass is 9.62. The molecule has 45 heavy (non-hydrogen) atoms. The second-order valence-electron chi connectivity index (χ2n) is 12.0. The van der Waals surface area contributed by atoms with Crippen molar-refractivity contribution in [2.45, 2.75) is 17.5 Å². The summed E-state index contributed by atoms with van der Waals surface area (Å²) in [5.74, 6) is -0.968. The van der Waals surface area contributed by atoms with Crippen LogP contribution in [0.5, 0.6) is 0 Å². The zero-order valence-corrected chi connectivity index (χ0v) is 24.2. The van der Waals surface area contributed by atoms with Crippen molar-refractivity contribution in [1.82, 2.24) is 14.9 Å². The predicted octanol–water partition coefficient (Wildman–Crippen LogP) is 7.69. The molecule has 5 aromatic carbocycles. The summed E-state index contributed by atoms with van der Waals surface area (Å²) < 4.78 is 0. The van der Waals surface area contributed by atoms with Crippen LogP contribution in [0.1, 0.15) is 49.1 Å². The van der Waals surface area contributed by atoms with Gasteiger partial charge in [0.2, 0.25) is 0 Å². The Balaban J connectivity index is 1.43. The topological polar surface area (TPSA) is 63.2 Å². The highest BCUT2D eigenvalue weighted by atomic mass is 16.1. The Kier molecular flexibility index (Phi) is 5.54. The van der Waals surface area contributed by atoms with Gasteiger partial charge in [0.05, 0.1) is 39.8 Å². The van der Waals surface area contributed by atoms with Crippen molar-refractivity contribution in [3.05, 3.63) is 173 Å². The van der Waals surface area contributed by atoms with E-state index in [2.05, 4.69) is 35.2 Å². The van der Waals surface area contributed by atoms with E-state index < -0.39 is 17.4 Å². The number of fused-ring (bicyclic) bond motifs is 10. The van der Waals surface area contributed by atoms with E-state index in [1.54, 1.807) is 0 Å². The van der Waals surface area contributed by atoms with Crippen molar-refractivity contribution in [1.29, 1.82) is 0 Å². The average Bonchev–Trinajstić information content (AvgIpc) is 3.57. The van der Waals surface area contributed by atoms with Gasteiger partial charge >= 0.3 is 0 Å². The molecule has 4 atom stereocenters. The van der Waals surface area contributed by atoms with E-state index >= 15 is 4.79 Å². The average molecular weight is 582 g/mol. The lowest BCUT2D eigenvalue weighted by molar-refractivity contribution is 0.0765. The van der Waals surface area contributed by atoms with Gasteiger partial charge in [-0.2, -0.15) is 0 Å². The maximum Gasteiger partial charge on any atom is 0.186 e. The van der Waals surface area contributed by atoms with Gasteiger partial charge in [-0.05, 0) is 34.9 Å². The van der Waals surface area contributed by atoms with E-state index in [1.807, 2.05) is 115 Å². The fourth-order valence-corrected chi connectivity index (χ4v) is 8.09. The minimum atomic E-state index is -1.01. The number of hydrogen-bond acceptors (Lipinski definition) is 5. The van der Waals surface area contributed by atoms with Crippen molar-refractivity contribution < 1.29 is 9.59 Å². The molecule has 1 spiro atoms. The fraction of sp³-hybridized carbons (Fsp3) is 0.100. The third kappa shape index (κ3) is 3.49. The summed E-state index contributed by atoms with van der Waals surface area (Å²) in [7, 11) is 0. The summed E-state index contributed by atoms with van der Waals surface area (Å²) in [6.07, 6.45) is 4.08. The predicted molar refractivity (Wildman–Crippen MR) is 175 cm³/mol. The smallest absolute Gasteiger partial charge is 0.186 e. The number of ketones is 2. The van der Waals surface area contributed by atoms with Crippen molar-refractivity contribution in [2.24, 2.45) is 5.92 Å². The molecule has 0 bridgehead atoms. The number of nitrogens with zero attached hydrogens (tertiary/aromatic N) is 3. The quantitative estimate of drug-likeness (QED) is 0.200. The Hall–Kier alpha value is -5.68. The molecular formula is C40H27N3O2. The van der Waals surface area contributed by atoms with Gasteiger partial charge in [-0.3, -0.25) is 9.59 Å². The molecule has 5 heteroatoms. The van der Waals surface area contributed by atoms with Gasteiger partial charge in [0.1, 0.15) is 6.04 Å². The fourth-order valence-electron chi connectivity index (χ4n) is 8.09. The van der Waals surface area contributed by atoms with E-state index in [1.165, 1.54) is 0 Å². The highest BCUT2D eigenvalue weighted by Gasteiger charge is 2.69. The summed E-state index contributed by atoms with van der Waals surface area (Å²) in [5, 5.41) is 0. The van der Waals surface area contributed by atoms with Crippen LogP contribution in [-0.4, -0.2) is 32.5 Å². The Morgan fingerprint density at radius 1 is 0.622 bits per heavy atom. The molecule has 1 saturated heterocycles. The SMILES string of the molecule is O=C(c1ccccc1)C1[C@H](C(=O)c2ccccc2)[C@]2(c3ccccc3-c3nc4ccccc4nc32)[C@@H]2c3ccccc3C=CN12. The molecule has 0 saturated carbocycles. The van der Waals surface area contributed by atoms with Crippen molar-refractivity contribution >= 4 is 28.7 Å². The number of aromatic nitrogens is 2. The van der Waals surface area contributed by atoms with E-state index in [4.69, 9.17) is 9.97 Å². The first-order valence-electron chi connectivity index (χ1n) is 15.3. The van der Waals surface area contributed by atoms with Gasteiger partial charge in [-0.25, -0.2) is 9.97 Å².